The van der Waals surface area contributed by atoms with Crippen LogP contribution in [0.3, 0.4) is 0 Å². The van der Waals surface area contributed by atoms with E-state index in [1.807, 2.05) is 0 Å². The fraction of sp³-hybridized carbons (Fsp3) is 0.500. The van der Waals surface area contributed by atoms with E-state index in [4.69, 9.17) is 11.6 Å². The summed E-state index contributed by atoms with van der Waals surface area (Å²) in [5, 5.41) is 12.4. The highest BCUT2D eigenvalue weighted by Gasteiger charge is 2.34. The molecule has 1 aromatic carbocycles. The fourth-order valence-corrected chi connectivity index (χ4v) is 2.90. The number of phenols is 1. The van der Waals surface area contributed by atoms with Gasteiger partial charge in [-0.05, 0) is 25.0 Å². The zero-order chi connectivity index (χ0) is 13.9. The molecule has 3 nitrogen and oxygen atoms in total. The largest absolute Gasteiger partial charge is 0.507 e. The first-order valence-corrected chi connectivity index (χ1v) is 6.97. The maximum absolute atomic E-state index is 13.6. The molecular formula is C14H17ClFNO2. The lowest BCUT2D eigenvalue weighted by Gasteiger charge is -2.36. The molecule has 2 N–H and O–H groups in total. The minimum Gasteiger partial charge on any atom is -0.507 e. The smallest absolute Gasteiger partial charge is 0.258 e. The first kappa shape index (κ1) is 14.1. The van der Waals surface area contributed by atoms with Crippen molar-refractivity contribution >= 4 is 17.5 Å². The Morgan fingerprint density at radius 3 is 2.63 bits per heavy atom. The van der Waals surface area contributed by atoms with Crippen molar-refractivity contribution in [1.29, 1.82) is 0 Å². The molecule has 0 spiro atoms. The number of rotatable bonds is 3. The summed E-state index contributed by atoms with van der Waals surface area (Å²) in [5.74, 6) is -1.37. The number of benzene rings is 1. The number of carbonyl (C=O) groups excluding carboxylic acids is 1. The zero-order valence-corrected chi connectivity index (χ0v) is 11.3. The molecule has 2 rings (SSSR count). The Kier molecular flexibility index (Phi) is 4.30. The molecule has 0 atom stereocenters. The van der Waals surface area contributed by atoms with Gasteiger partial charge in [-0.25, -0.2) is 4.39 Å². The monoisotopic (exact) mass is 285 g/mol. The highest BCUT2D eigenvalue weighted by Crippen LogP contribution is 2.30. The van der Waals surface area contributed by atoms with E-state index in [9.17, 15) is 14.3 Å². The van der Waals surface area contributed by atoms with E-state index in [2.05, 4.69) is 5.32 Å². The number of hydrogen-bond donors (Lipinski definition) is 2. The average molecular weight is 286 g/mol. The van der Waals surface area contributed by atoms with E-state index in [1.54, 1.807) is 0 Å². The molecule has 0 radical (unpaired) electrons. The Morgan fingerprint density at radius 1 is 1.37 bits per heavy atom. The van der Waals surface area contributed by atoms with Gasteiger partial charge in [-0.3, -0.25) is 4.79 Å². The second kappa shape index (κ2) is 5.78. The third-order valence-electron chi connectivity index (χ3n) is 3.66. The molecule has 1 aliphatic rings. The van der Waals surface area contributed by atoms with Crippen molar-refractivity contribution in [3.05, 3.63) is 29.6 Å². The molecule has 0 aliphatic heterocycles. The van der Waals surface area contributed by atoms with Crippen LogP contribution in [0.1, 0.15) is 42.5 Å². The molecule has 1 fully saturated rings. The Bertz CT molecular complexity index is 452. The molecule has 0 heterocycles. The predicted molar refractivity (Wildman–Crippen MR) is 72.1 cm³/mol. The summed E-state index contributed by atoms with van der Waals surface area (Å²) in [4.78, 5) is 12.1. The van der Waals surface area contributed by atoms with E-state index >= 15 is 0 Å². The molecular weight excluding hydrogens is 269 g/mol. The minimum atomic E-state index is -0.724. The van der Waals surface area contributed by atoms with Crippen molar-refractivity contribution in [2.75, 3.05) is 5.88 Å². The number of hydrogen-bond acceptors (Lipinski definition) is 2. The van der Waals surface area contributed by atoms with Gasteiger partial charge in [-0.1, -0.05) is 25.3 Å². The highest BCUT2D eigenvalue weighted by atomic mass is 35.5. The van der Waals surface area contributed by atoms with Crippen LogP contribution in [0.15, 0.2) is 18.2 Å². The van der Waals surface area contributed by atoms with Gasteiger partial charge in [0.2, 0.25) is 0 Å². The van der Waals surface area contributed by atoms with Gasteiger partial charge in [0, 0.05) is 5.88 Å². The zero-order valence-electron chi connectivity index (χ0n) is 10.6. The second-order valence-electron chi connectivity index (χ2n) is 5.06. The van der Waals surface area contributed by atoms with Gasteiger partial charge in [0.05, 0.1) is 5.54 Å². The quantitative estimate of drug-likeness (QED) is 0.838. The Morgan fingerprint density at radius 2 is 2.05 bits per heavy atom. The molecule has 5 heteroatoms. The molecule has 1 aliphatic carbocycles. The van der Waals surface area contributed by atoms with Gasteiger partial charge < -0.3 is 10.4 Å². The van der Waals surface area contributed by atoms with Crippen LogP contribution < -0.4 is 5.32 Å². The lowest BCUT2D eigenvalue weighted by molar-refractivity contribution is 0.0877. The standard InChI is InChI=1S/C14H17ClFNO2/c15-9-14(7-2-1-3-8-14)17-13(19)12-10(16)5-4-6-11(12)18/h4-6,18H,1-3,7-9H2,(H,17,19). The number of phenolic OH excluding ortho intramolecular Hbond substituents is 1. The number of aromatic hydroxyl groups is 1. The molecule has 19 heavy (non-hydrogen) atoms. The fourth-order valence-electron chi connectivity index (χ4n) is 2.56. The van der Waals surface area contributed by atoms with Crippen LogP contribution in [0.25, 0.3) is 0 Å². The summed E-state index contributed by atoms with van der Waals surface area (Å²) in [5.41, 5.74) is -0.788. The third-order valence-corrected chi connectivity index (χ3v) is 4.18. The van der Waals surface area contributed by atoms with Crippen molar-refractivity contribution in [1.82, 2.24) is 5.32 Å². The van der Waals surface area contributed by atoms with E-state index in [0.29, 0.717) is 5.88 Å². The lowest BCUT2D eigenvalue weighted by Crippen LogP contribution is -2.51. The van der Waals surface area contributed by atoms with Crippen molar-refractivity contribution in [3.8, 4) is 5.75 Å². The first-order valence-electron chi connectivity index (χ1n) is 6.44. The molecule has 104 valence electrons. The predicted octanol–water partition coefficient (Wildman–Crippen LogP) is 3.20. The summed E-state index contributed by atoms with van der Waals surface area (Å²) in [7, 11) is 0. The lowest BCUT2D eigenvalue weighted by atomic mass is 9.83. The topological polar surface area (TPSA) is 49.3 Å². The van der Waals surface area contributed by atoms with Gasteiger partial charge in [-0.15, -0.1) is 11.6 Å². The summed E-state index contributed by atoms with van der Waals surface area (Å²) in [6, 6.07) is 3.81. The van der Waals surface area contributed by atoms with Crippen LogP contribution in [-0.4, -0.2) is 22.4 Å². The third kappa shape index (κ3) is 3.00. The summed E-state index contributed by atoms with van der Waals surface area (Å²) < 4.78 is 13.6. The van der Waals surface area contributed by atoms with Gasteiger partial charge in [-0.2, -0.15) is 0 Å². The van der Waals surface area contributed by atoms with Crippen molar-refractivity contribution < 1.29 is 14.3 Å². The molecule has 1 amide bonds. The van der Waals surface area contributed by atoms with Crippen LogP contribution in [-0.2, 0) is 0 Å². The van der Waals surface area contributed by atoms with E-state index in [-0.39, 0.29) is 11.3 Å². The number of nitrogens with one attached hydrogen (secondary N) is 1. The number of halogens is 2. The number of amides is 1. The highest BCUT2D eigenvalue weighted by molar-refractivity contribution is 6.19. The maximum Gasteiger partial charge on any atom is 0.258 e. The Labute approximate surface area is 116 Å². The molecule has 0 bridgehead atoms. The average Bonchev–Trinajstić information content (AvgIpc) is 2.39. The molecule has 0 saturated heterocycles. The van der Waals surface area contributed by atoms with E-state index in [0.717, 1.165) is 38.2 Å². The number of alkyl halides is 1. The van der Waals surface area contributed by atoms with Crippen molar-refractivity contribution in [2.24, 2.45) is 0 Å². The van der Waals surface area contributed by atoms with Crippen LogP contribution in [0, 0.1) is 5.82 Å². The van der Waals surface area contributed by atoms with Crippen molar-refractivity contribution in [3.63, 3.8) is 0 Å². The number of carbonyl (C=O) groups is 1. The van der Waals surface area contributed by atoms with Gasteiger partial charge in [0.15, 0.2) is 0 Å². The normalized spacial score (nSPS) is 18.0. The Hall–Kier alpha value is -1.29. The second-order valence-corrected chi connectivity index (χ2v) is 5.33. The maximum atomic E-state index is 13.6. The molecule has 0 unspecified atom stereocenters. The van der Waals surface area contributed by atoms with E-state index in [1.165, 1.54) is 12.1 Å². The first-order chi connectivity index (χ1) is 9.08. The molecule has 1 saturated carbocycles. The van der Waals surface area contributed by atoms with Gasteiger partial charge in [0.25, 0.3) is 5.91 Å². The van der Waals surface area contributed by atoms with Gasteiger partial charge in [0.1, 0.15) is 17.1 Å². The summed E-state index contributed by atoms with van der Waals surface area (Å²) in [6.45, 7) is 0. The van der Waals surface area contributed by atoms with Gasteiger partial charge >= 0.3 is 0 Å². The van der Waals surface area contributed by atoms with Crippen LogP contribution >= 0.6 is 11.6 Å². The van der Waals surface area contributed by atoms with Crippen molar-refractivity contribution in [2.45, 2.75) is 37.6 Å². The molecule has 0 aromatic heterocycles. The minimum absolute atomic E-state index is 0.300. The Balaban J connectivity index is 2.20. The van der Waals surface area contributed by atoms with Crippen LogP contribution in [0.2, 0.25) is 0 Å². The summed E-state index contributed by atoms with van der Waals surface area (Å²) in [6.07, 6.45) is 4.70. The SMILES string of the molecule is O=C(NC1(CCl)CCCCC1)c1c(O)cccc1F. The van der Waals surface area contributed by atoms with E-state index < -0.39 is 17.3 Å². The molecule has 1 aromatic rings. The van der Waals surface area contributed by atoms with Crippen LogP contribution in [0.4, 0.5) is 4.39 Å². The summed E-state index contributed by atoms with van der Waals surface area (Å²) >= 11 is 5.98. The van der Waals surface area contributed by atoms with Crippen LogP contribution in [0.5, 0.6) is 5.75 Å².